The molecule has 0 bridgehead atoms. The van der Waals surface area contributed by atoms with Gasteiger partial charge < -0.3 is 19.7 Å². The van der Waals surface area contributed by atoms with E-state index in [1.54, 1.807) is 50.6 Å². The molecule has 2 heterocycles. The third-order valence-corrected chi connectivity index (χ3v) is 6.04. The number of hydrogen-bond donors (Lipinski definition) is 1. The van der Waals surface area contributed by atoms with Crippen molar-refractivity contribution in [1.29, 1.82) is 5.26 Å². The molecular formula is C31H30ClN5O3. The van der Waals surface area contributed by atoms with E-state index in [0.29, 0.717) is 56.5 Å². The van der Waals surface area contributed by atoms with Gasteiger partial charge in [0, 0.05) is 50.8 Å². The van der Waals surface area contributed by atoms with E-state index in [0.717, 1.165) is 5.69 Å². The molecule has 0 aliphatic rings. The lowest BCUT2D eigenvalue weighted by atomic mass is 10.0. The van der Waals surface area contributed by atoms with Crippen LogP contribution in [0.2, 0.25) is 5.02 Å². The van der Waals surface area contributed by atoms with Gasteiger partial charge in [-0.25, -0.2) is 0 Å². The minimum atomic E-state index is -1.77. The fraction of sp³-hybridized carbons (Fsp3) is 0.226. The van der Waals surface area contributed by atoms with E-state index >= 15 is 0 Å². The molecule has 204 valence electrons. The summed E-state index contributed by atoms with van der Waals surface area (Å²) in [5, 5.41) is 14.1. The molecule has 0 radical (unpaired) electrons. The van der Waals surface area contributed by atoms with Gasteiger partial charge >= 0.3 is 0 Å². The van der Waals surface area contributed by atoms with E-state index < -0.39 is 6.50 Å². The molecule has 0 saturated heterocycles. The predicted octanol–water partition coefficient (Wildman–Crippen LogP) is 6.11. The minimum absolute atomic E-state index is 0.0321. The number of carbonyl (C=O) groups is 1. The third kappa shape index (κ3) is 7.35. The number of benzene rings is 2. The van der Waals surface area contributed by atoms with E-state index in [1.807, 2.05) is 25.1 Å². The van der Waals surface area contributed by atoms with E-state index in [-0.39, 0.29) is 18.8 Å². The van der Waals surface area contributed by atoms with Crippen LogP contribution in [-0.4, -0.2) is 47.9 Å². The number of halogens is 1. The lowest BCUT2D eigenvalue weighted by molar-refractivity contribution is -0.114. The second-order valence-electron chi connectivity index (χ2n) is 8.95. The van der Waals surface area contributed by atoms with Crippen molar-refractivity contribution < 1.29 is 17.0 Å². The molecule has 0 unspecified atom stereocenters. The Balaban J connectivity index is 1.65. The number of anilines is 2. The van der Waals surface area contributed by atoms with Gasteiger partial charge in [0.15, 0.2) is 5.78 Å². The average Bonchev–Trinajstić information content (AvgIpc) is 2.97. The molecule has 2 aromatic heterocycles. The molecule has 8 nitrogen and oxygen atoms in total. The van der Waals surface area contributed by atoms with Crippen molar-refractivity contribution >= 4 is 39.7 Å². The van der Waals surface area contributed by atoms with E-state index in [2.05, 4.69) is 21.4 Å². The highest BCUT2D eigenvalue weighted by molar-refractivity contribution is 6.32. The summed E-state index contributed by atoms with van der Waals surface area (Å²) in [6, 6.07) is 16.5. The average molecular weight is 558 g/mol. The van der Waals surface area contributed by atoms with Crippen LogP contribution in [-0.2, 0) is 17.8 Å². The maximum Gasteiger partial charge on any atom is 0.159 e. The summed E-state index contributed by atoms with van der Waals surface area (Å²) < 4.78 is 27.6. The summed E-state index contributed by atoms with van der Waals surface area (Å²) in [5.74, 6) is 0.679. The molecule has 0 saturated carbocycles. The topological polar surface area (TPSA) is 100 Å². The minimum Gasteiger partial charge on any atom is -0.494 e. The number of ketones is 1. The maximum atomic E-state index is 12.8. The van der Waals surface area contributed by atoms with Crippen LogP contribution < -0.4 is 14.8 Å². The zero-order valence-corrected chi connectivity index (χ0v) is 23.2. The van der Waals surface area contributed by atoms with Crippen molar-refractivity contribution in [3.8, 4) is 17.6 Å². The number of nitrogens with zero attached hydrogens (tertiary/aromatic N) is 4. The number of ether oxygens (including phenoxy) is 2. The van der Waals surface area contributed by atoms with Gasteiger partial charge in [-0.05, 0) is 63.5 Å². The van der Waals surface area contributed by atoms with Crippen LogP contribution in [0.25, 0.3) is 10.9 Å². The maximum absolute atomic E-state index is 12.8. The van der Waals surface area contributed by atoms with Gasteiger partial charge in [0.05, 0.1) is 34.1 Å². The normalized spacial score (nSPS) is 12.2. The Morgan fingerprint density at radius 2 is 2.02 bits per heavy atom. The Labute approximate surface area is 241 Å². The van der Waals surface area contributed by atoms with Crippen molar-refractivity contribution in [2.45, 2.75) is 20.0 Å². The quantitative estimate of drug-likeness (QED) is 0.208. The monoisotopic (exact) mass is 557 g/mol. The molecule has 1 N–H and O–H groups in total. The van der Waals surface area contributed by atoms with Gasteiger partial charge in [0.1, 0.15) is 24.2 Å². The number of fused-ring (bicyclic) bond motifs is 1. The standard InChI is InChI=1S/C31H30ClN5O3/c1-4-39-30-17-28-26(15-21(30)14-25(38)9-7-13-37(2)3)31(22(18-33)19-35-28)36-23-10-11-29(27(32)16-23)40-20-24-8-5-6-12-34-24/h5-12,15-17,19H,4,13-14,20H2,1-3H3,(H,35,36)/b9-7+/i13D2. The first-order chi connectivity index (χ1) is 20.1. The first kappa shape index (κ1) is 25.8. The molecule has 0 amide bonds. The predicted molar refractivity (Wildman–Crippen MR) is 157 cm³/mol. The first-order valence-corrected chi connectivity index (χ1v) is 13.0. The summed E-state index contributed by atoms with van der Waals surface area (Å²) >= 11 is 6.52. The molecule has 40 heavy (non-hydrogen) atoms. The van der Waals surface area contributed by atoms with E-state index in [1.165, 1.54) is 23.2 Å². The van der Waals surface area contributed by atoms with Gasteiger partial charge in [-0.2, -0.15) is 5.26 Å². The van der Waals surface area contributed by atoms with Crippen molar-refractivity contribution in [2.24, 2.45) is 0 Å². The van der Waals surface area contributed by atoms with Crippen LogP contribution >= 0.6 is 11.6 Å². The molecule has 2 aromatic carbocycles. The van der Waals surface area contributed by atoms with Gasteiger partial charge in [0.25, 0.3) is 0 Å². The fourth-order valence-corrected chi connectivity index (χ4v) is 4.15. The Bertz CT molecular complexity index is 1660. The summed E-state index contributed by atoms with van der Waals surface area (Å²) in [6.45, 7) is 0.707. The molecule has 9 heteroatoms. The summed E-state index contributed by atoms with van der Waals surface area (Å²) in [5.41, 5.74) is 3.34. The zero-order chi connectivity index (χ0) is 30.3. The number of nitrogens with one attached hydrogen (secondary N) is 1. The van der Waals surface area contributed by atoms with Gasteiger partial charge in [0.2, 0.25) is 0 Å². The molecule has 4 aromatic rings. The van der Waals surface area contributed by atoms with Crippen LogP contribution in [0.3, 0.4) is 0 Å². The molecule has 4 rings (SSSR count). The Kier molecular flexibility index (Phi) is 8.75. The Morgan fingerprint density at radius 1 is 1.18 bits per heavy atom. The highest BCUT2D eigenvalue weighted by atomic mass is 35.5. The third-order valence-electron chi connectivity index (χ3n) is 5.74. The molecule has 0 aliphatic heterocycles. The van der Waals surface area contributed by atoms with Crippen LogP contribution in [0.5, 0.6) is 11.5 Å². The number of likely N-dealkylation sites (N-methyl/N-ethyl adjacent to an activating group) is 1. The van der Waals surface area contributed by atoms with Crippen molar-refractivity contribution in [3.05, 3.63) is 94.9 Å². The summed E-state index contributed by atoms with van der Waals surface area (Å²) in [7, 11) is 3.19. The molecular weight excluding hydrogens is 526 g/mol. The number of carbonyl (C=O) groups excluding carboxylic acids is 1. The van der Waals surface area contributed by atoms with E-state index in [4.69, 9.17) is 23.8 Å². The van der Waals surface area contributed by atoms with Gasteiger partial charge in [-0.1, -0.05) is 23.7 Å². The number of pyridine rings is 2. The van der Waals surface area contributed by atoms with Crippen LogP contribution in [0, 0.1) is 11.3 Å². The first-order valence-electron chi connectivity index (χ1n) is 13.6. The number of hydrogen-bond acceptors (Lipinski definition) is 8. The second kappa shape index (κ2) is 13.6. The van der Waals surface area contributed by atoms with Crippen LogP contribution in [0.15, 0.2) is 73.1 Å². The Hall–Kier alpha value is -4.45. The second-order valence-corrected chi connectivity index (χ2v) is 9.36. The van der Waals surface area contributed by atoms with Crippen LogP contribution in [0.1, 0.15) is 26.5 Å². The van der Waals surface area contributed by atoms with Crippen molar-refractivity contribution in [1.82, 2.24) is 14.9 Å². The largest absolute Gasteiger partial charge is 0.494 e. The number of allylic oxidation sites excluding steroid dienone is 1. The summed E-state index contributed by atoms with van der Waals surface area (Å²) in [6.07, 6.45) is 5.60. The van der Waals surface area contributed by atoms with Crippen molar-refractivity contribution in [3.63, 3.8) is 0 Å². The van der Waals surface area contributed by atoms with Crippen molar-refractivity contribution in [2.75, 3.05) is 32.5 Å². The number of aromatic nitrogens is 2. The lowest BCUT2D eigenvalue weighted by Gasteiger charge is -2.16. The SMILES string of the molecule is [2H]C([2H])(/C=C/C(=O)Cc1cc2c(Nc3ccc(OCc4ccccn4)c(Cl)c3)c(C#N)cnc2cc1OCC)N(C)C. The number of rotatable bonds is 12. The van der Waals surface area contributed by atoms with E-state index in [9.17, 15) is 10.1 Å². The van der Waals surface area contributed by atoms with Gasteiger partial charge in [-0.3, -0.25) is 14.8 Å². The molecule has 0 spiro atoms. The van der Waals surface area contributed by atoms with Crippen LogP contribution in [0.4, 0.5) is 11.4 Å². The highest BCUT2D eigenvalue weighted by Gasteiger charge is 2.16. The smallest absolute Gasteiger partial charge is 0.159 e. The molecule has 0 aliphatic carbocycles. The highest BCUT2D eigenvalue weighted by Crippen LogP contribution is 2.36. The summed E-state index contributed by atoms with van der Waals surface area (Å²) in [4.78, 5) is 22.9. The van der Waals surface area contributed by atoms with Gasteiger partial charge in [-0.15, -0.1) is 0 Å². The Morgan fingerprint density at radius 3 is 2.73 bits per heavy atom. The molecule has 0 fully saturated rings. The zero-order valence-electron chi connectivity index (χ0n) is 24.4. The number of nitriles is 1. The fourth-order valence-electron chi connectivity index (χ4n) is 3.91. The lowest BCUT2D eigenvalue weighted by Crippen LogP contribution is -2.11. The molecule has 0 atom stereocenters.